The number of alkyl halides is 3. The average Bonchev–Trinajstić information content (AvgIpc) is 3.19. The Hall–Kier alpha value is -3.10. The number of benzene rings is 1. The van der Waals surface area contributed by atoms with Gasteiger partial charge in [0.25, 0.3) is 5.91 Å². The van der Waals surface area contributed by atoms with E-state index >= 15 is 0 Å². The van der Waals surface area contributed by atoms with Crippen molar-refractivity contribution in [3.05, 3.63) is 64.7 Å². The summed E-state index contributed by atoms with van der Waals surface area (Å²) in [6.45, 7) is 5.77. The molecule has 6 nitrogen and oxygen atoms in total. The Bertz CT molecular complexity index is 1010. The highest BCUT2D eigenvalue weighted by Crippen LogP contribution is 2.28. The van der Waals surface area contributed by atoms with Gasteiger partial charge in [-0.15, -0.1) is 0 Å². The summed E-state index contributed by atoms with van der Waals surface area (Å²) < 4.78 is 41.2. The highest BCUT2D eigenvalue weighted by Gasteiger charge is 2.34. The first-order valence-corrected chi connectivity index (χ1v) is 9.20. The van der Waals surface area contributed by atoms with Gasteiger partial charge in [0, 0.05) is 18.8 Å². The molecule has 0 atom stereocenters. The van der Waals surface area contributed by atoms with Crippen LogP contribution >= 0.6 is 0 Å². The summed E-state index contributed by atoms with van der Waals surface area (Å²) in [5, 5.41) is 10.9. The largest absolute Gasteiger partial charge is 0.435 e. The fraction of sp³-hybridized carbons (Fsp3) is 0.350. The number of halogens is 3. The first kappa shape index (κ1) is 20.6. The molecular formula is C20H22F3N5O. The van der Waals surface area contributed by atoms with Gasteiger partial charge in [-0.25, -0.2) is 4.68 Å². The molecule has 0 saturated heterocycles. The van der Waals surface area contributed by atoms with Crippen LogP contribution in [-0.4, -0.2) is 32.0 Å². The Labute approximate surface area is 166 Å². The second-order valence-electron chi connectivity index (χ2n) is 6.79. The monoisotopic (exact) mass is 405 g/mol. The van der Waals surface area contributed by atoms with E-state index in [1.807, 2.05) is 37.3 Å². The van der Waals surface area contributed by atoms with Crippen LogP contribution in [0.4, 0.5) is 13.2 Å². The summed E-state index contributed by atoms with van der Waals surface area (Å²) >= 11 is 0. The van der Waals surface area contributed by atoms with E-state index in [1.54, 1.807) is 18.5 Å². The molecule has 1 aromatic carbocycles. The molecule has 2 heterocycles. The minimum atomic E-state index is -4.46. The van der Waals surface area contributed by atoms with Crippen molar-refractivity contribution in [2.24, 2.45) is 0 Å². The summed E-state index contributed by atoms with van der Waals surface area (Å²) in [7, 11) is 0. The molecule has 0 radical (unpaired) electrons. The zero-order valence-electron chi connectivity index (χ0n) is 16.4. The number of hydrogen-bond acceptors (Lipinski definition) is 3. The van der Waals surface area contributed by atoms with Crippen LogP contribution in [0.15, 0.2) is 36.4 Å². The van der Waals surface area contributed by atoms with E-state index in [-0.39, 0.29) is 12.5 Å². The lowest BCUT2D eigenvalue weighted by Gasteiger charge is -2.08. The molecular weight excluding hydrogens is 383 g/mol. The molecule has 2 aromatic heterocycles. The second-order valence-corrected chi connectivity index (χ2v) is 6.79. The quantitative estimate of drug-likeness (QED) is 0.634. The molecule has 0 saturated carbocycles. The lowest BCUT2D eigenvalue weighted by Crippen LogP contribution is -2.26. The topological polar surface area (TPSA) is 64.7 Å². The first-order chi connectivity index (χ1) is 13.7. The van der Waals surface area contributed by atoms with Crippen molar-refractivity contribution in [1.29, 1.82) is 0 Å². The van der Waals surface area contributed by atoms with Gasteiger partial charge in [0.15, 0.2) is 5.69 Å². The van der Waals surface area contributed by atoms with Crippen LogP contribution in [0, 0.1) is 20.8 Å². The van der Waals surface area contributed by atoms with E-state index in [9.17, 15) is 18.0 Å². The molecule has 29 heavy (non-hydrogen) atoms. The van der Waals surface area contributed by atoms with Crippen molar-refractivity contribution in [2.75, 3.05) is 6.54 Å². The van der Waals surface area contributed by atoms with Gasteiger partial charge in [0.05, 0.1) is 22.6 Å². The lowest BCUT2D eigenvalue weighted by molar-refractivity contribution is -0.141. The SMILES string of the molecule is Cc1nn(-c2ccccc2)c(C)c1C(=O)NCCCn1nc(C(F)(F)F)cc1C. The molecule has 0 unspecified atom stereocenters. The van der Waals surface area contributed by atoms with Crippen LogP contribution in [0.5, 0.6) is 0 Å². The predicted molar refractivity (Wildman–Crippen MR) is 102 cm³/mol. The van der Waals surface area contributed by atoms with E-state index in [0.29, 0.717) is 29.9 Å². The van der Waals surface area contributed by atoms with Crippen molar-refractivity contribution in [2.45, 2.75) is 39.9 Å². The summed E-state index contributed by atoms with van der Waals surface area (Å²) in [5.41, 5.74) is 2.23. The van der Waals surface area contributed by atoms with E-state index in [1.165, 1.54) is 4.68 Å². The maximum atomic E-state index is 12.7. The molecule has 0 bridgehead atoms. The normalized spacial score (nSPS) is 11.7. The van der Waals surface area contributed by atoms with Crippen molar-refractivity contribution in [1.82, 2.24) is 24.9 Å². The molecule has 0 aliphatic heterocycles. The number of aryl methyl sites for hydroxylation is 3. The first-order valence-electron chi connectivity index (χ1n) is 9.20. The Morgan fingerprint density at radius 3 is 2.41 bits per heavy atom. The Kier molecular flexibility index (Phi) is 5.76. The summed E-state index contributed by atoms with van der Waals surface area (Å²) in [4.78, 5) is 12.6. The highest BCUT2D eigenvalue weighted by molar-refractivity contribution is 5.96. The van der Waals surface area contributed by atoms with Crippen molar-refractivity contribution in [3.8, 4) is 5.69 Å². The predicted octanol–water partition coefficient (Wildman–Crippen LogP) is 3.83. The molecule has 0 spiro atoms. The van der Waals surface area contributed by atoms with E-state index < -0.39 is 11.9 Å². The molecule has 9 heteroatoms. The highest BCUT2D eigenvalue weighted by atomic mass is 19.4. The zero-order chi connectivity index (χ0) is 21.2. The Balaban J connectivity index is 1.61. The number of rotatable bonds is 6. The lowest BCUT2D eigenvalue weighted by atomic mass is 10.2. The number of carbonyl (C=O) groups is 1. The van der Waals surface area contributed by atoms with Gasteiger partial charge in [-0.05, 0) is 45.4 Å². The number of hydrogen-bond donors (Lipinski definition) is 1. The van der Waals surface area contributed by atoms with Crippen molar-refractivity contribution < 1.29 is 18.0 Å². The van der Waals surface area contributed by atoms with Gasteiger partial charge in [-0.1, -0.05) is 18.2 Å². The molecule has 0 aliphatic carbocycles. The van der Waals surface area contributed by atoms with Crippen LogP contribution in [0.25, 0.3) is 5.69 Å². The van der Waals surface area contributed by atoms with E-state index in [2.05, 4.69) is 15.5 Å². The smallest absolute Gasteiger partial charge is 0.352 e. The average molecular weight is 405 g/mol. The fourth-order valence-electron chi connectivity index (χ4n) is 3.19. The molecule has 0 fully saturated rings. The second kappa shape index (κ2) is 8.10. The van der Waals surface area contributed by atoms with Crippen molar-refractivity contribution in [3.63, 3.8) is 0 Å². The van der Waals surface area contributed by atoms with Gasteiger partial charge in [-0.3, -0.25) is 9.48 Å². The molecule has 0 aliphatic rings. The van der Waals surface area contributed by atoms with Crippen molar-refractivity contribution >= 4 is 5.91 Å². The van der Waals surface area contributed by atoms with Gasteiger partial charge >= 0.3 is 6.18 Å². The maximum Gasteiger partial charge on any atom is 0.435 e. The Morgan fingerprint density at radius 2 is 1.79 bits per heavy atom. The molecule has 1 N–H and O–H groups in total. The third-order valence-corrected chi connectivity index (χ3v) is 4.62. The van der Waals surface area contributed by atoms with E-state index in [0.717, 1.165) is 17.4 Å². The molecule has 3 aromatic rings. The van der Waals surface area contributed by atoms with Gasteiger partial charge < -0.3 is 5.32 Å². The van der Waals surface area contributed by atoms with Gasteiger partial charge in [-0.2, -0.15) is 23.4 Å². The number of para-hydroxylation sites is 1. The van der Waals surface area contributed by atoms with Crippen LogP contribution in [0.3, 0.4) is 0 Å². The van der Waals surface area contributed by atoms with Crippen LogP contribution in [0.1, 0.15) is 39.6 Å². The summed E-state index contributed by atoms with van der Waals surface area (Å²) in [6.07, 6.45) is -4.01. The third kappa shape index (κ3) is 4.49. The minimum Gasteiger partial charge on any atom is -0.352 e. The number of amides is 1. The standard InChI is InChI=1S/C20H22F3N5O/c1-13-12-17(20(21,22)23)26-27(13)11-7-10-24-19(29)18-14(2)25-28(15(18)3)16-8-5-4-6-9-16/h4-6,8-9,12H,7,10-11H2,1-3H3,(H,24,29). The molecule has 154 valence electrons. The number of aromatic nitrogens is 4. The maximum absolute atomic E-state index is 12.7. The van der Waals surface area contributed by atoms with Crippen LogP contribution in [0.2, 0.25) is 0 Å². The zero-order valence-corrected chi connectivity index (χ0v) is 16.4. The van der Waals surface area contributed by atoms with E-state index in [4.69, 9.17) is 0 Å². The number of carbonyl (C=O) groups excluding carboxylic acids is 1. The minimum absolute atomic E-state index is 0.254. The summed E-state index contributed by atoms with van der Waals surface area (Å²) in [5.74, 6) is -0.254. The number of nitrogens with one attached hydrogen (secondary N) is 1. The fourth-order valence-corrected chi connectivity index (χ4v) is 3.19. The summed E-state index contributed by atoms with van der Waals surface area (Å²) in [6, 6.07) is 10.5. The molecule has 1 amide bonds. The molecule has 3 rings (SSSR count). The van der Waals surface area contributed by atoms with Crippen LogP contribution < -0.4 is 5.32 Å². The number of nitrogens with zero attached hydrogens (tertiary/aromatic N) is 4. The van der Waals surface area contributed by atoms with Gasteiger partial charge in [0.1, 0.15) is 0 Å². The van der Waals surface area contributed by atoms with Crippen LogP contribution in [-0.2, 0) is 12.7 Å². The Morgan fingerprint density at radius 1 is 1.10 bits per heavy atom. The third-order valence-electron chi connectivity index (χ3n) is 4.62. The van der Waals surface area contributed by atoms with Gasteiger partial charge in [0.2, 0.25) is 0 Å².